The molecule has 0 heterocycles. The number of hydrogen-bond donors (Lipinski definition) is 2. The Balaban J connectivity index is 2.06. The van der Waals surface area contributed by atoms with Gasteiger partial charge >= 0.3 is 0 Å². The highest BCUT2D eigenvalue weighted by atomic mass is 79.9. The lowest BCUT2D eigenvalue weighted by Gasteiger charge is -2.28. The fourth-order valence-corrected chi connectivity index (χ4v) is 2.81. The summed E-state index contributed by atoms with van der Waals surface area (Å²) in [6.45, 7) is 0.0260. The molecule has 1 fully saturated rings. The topological polar surface area (TPSA) is 49.3 Å². The van der Waals surface area contributed by atoms with Crippen LogP contribution in [0.25, 0.3) is 0 Å². The van der Waals surface area contributed by atoms with Crippen molar-refractivity contribution < 1.29 is 9.90 Å². The summed E-state index contributed by atoms with van der Waals surface area (Å²) in [5.74, 6) is -0.0907. The third-order valence-corrected chi connectivity index (χ3v) is 4.26. The summed E-state index contributed by atoms with van der Waals surface area (Å²) in [5.41, 5.74) is 1.40. The predicted molar refractivity (Wildman–Crippen MR) is 74.8 cm³/mol. The average Bonchev–Trinajstić information content (AvgIpc) is 2.88. The molecule has 0 aliphatic heterocycles. The molecular weight excluding hydrogens is 294 g/mol. The van der Waals surface area contributed by atoms with E-state index >= 15 is 0 Å². The van der Waals surface area contributed by atoms with Gasteiger partial charge in [0.25, 0.3) is 5.91 Å². The quantitative estimate of drug-likeness (QED) is 0.840. The summed E-state index contributed by atoms with van der Waals surface area (Å²) in [5, 5.41) is 13.3. The van der Waals surface area contributed by atoms with Crippen LogP contribution in [0.4, 0.5) is 0 Å². The van der Waals surface area contributed by atoms with Crippen LogP contribution in [0.3, 0.4) is 0 Å². The molecule has 0 atom stereocenters. The molecule has 4 heteroatoms. The number of halogens is 1. The molecule has 18 heavy (non-hydrogen) atoms. The molecule has 0 saturated heterocycles. The van der Waals surface area contributed by atoms with Gasteiger partial charge in [0.05, 0.1) is 12.1 Å². The second-order valence-corrected chi connectivity index (χ2v) is 5.49. The Bertz CT molecular complexity index is 410. The van der Waals surface area contributed by atoms with Gasteiger partial charge in [-0.2, -0.15) is 0 Å². The maximum absolute atomic E-state index is 12.1. The smallest absolute Gasteiger partial charge is 0.251 e. The molecule has 1 aromatic rings. The van der Waals surface area contributed by atoms with Gasteiger partial charge in [0.15, 0.2) is 0 Å². The van der Waals surface area contributed by atoms with Crippen LogP contribution in [0.2, 0.25) is 0 Å². The standard InChI is InChI=1S/C14H18BrNO2/c15-9-11-3-5-12(6-4-11)13(18)16-14(10-17)7-1-2-8-14/h3-6,17H,1-2,7-10H2,(H,16,18). The van der Waals surface area contributed by atoms with E-state index in [1.807, 2.05) is 24.3 Å². The maximum atomic E-state index is 12.1. The number of nitrogens with one attached hydrogen (secondary N) is 1. The fraction of sp³-hybridized carbons (Fsp3) is 0.500. The molecule has 0 aromatic heterocycles. The van der Waals surface area contributed by atoms with Gasteiger partial charge in [-0.15, -0.1) is 0 Å². The van der Waals surface area contributed by atoms with Crippen LogP contribution in [0.15, 0.2) is 24.3 Å². The molecule has 98 valence electrons. The highest BCUT2D eigenvalue weighted by molar-refractivity contribution is 9.08. The van der Waals surface area contributed by atoms with E-state index in [4.69, 9.17) is 0 Å². The van der Waals surface area contributed by atoms with Crippen LogP contribution >= 0.6 is 15.9 Å². The predicted octanol–water partition coefficient (Wildman–Crippen LogP) is 2.62. The summed E-state index contributed by atoms with van der Waals surface area (Å²) < 4.78 is 0. The van der Waals surface area contributed by atoms with Crippen LogP contribution in [-0.4, -0.2) is 23.2 Å². The zero-order chi connectivity index (χ0) is 13.0. The van der Waals surface area contributed by atoms with Gasteiger partial charge in [0, 0.05) is 10.9 Å². The maximum Gasteiger partial charge on any atom is 0.251 e. The molecule has 0 spiro atoms. The summed E-state index contributed by atoms with van der Waals surface area (Å²) in [7, 11) is 0. The van der Waals surface area contributed by atoms with Crippen molar-refractivity contribution >= 4 is 21.8 Å². The molecule has 0 bridgehead atoms. The minimum Gasteiger partial charge on any atom is -0.394 e. The van der Waals surface area contributed by atoms with Crippen LogP contribution in [0.5, 0.6) is 0 Å². The van der Waals surface area contributed by atoms with Crippen LogP contribution < -0.4 is 5.32 Å². The Morgan fingerprint density at radius 2 is 1.89 bits per heavy atom. The van der Waals surface area contributed by atoms with E-state index < -0.39 is 5.54 Å². The zero-order valence-corrected chi connectivity index (χ0v) is 11.9. The number of rotatable bonds is 4. The van der Waals surface area contributed by atoms with Crippen LogP contribution in [0.1, 0.15) is 41.6 Å². The summed E-state index contributed by atoms with van der Waals surface area (Å²) >= 11 is 3.38. The molecule has 1 aromatic carbocycles. The molecule has 2 N–H and O–H groups in total. The van der Waals surface area contributed by atoms with Crippen molar-refractivity contribution in [1.82, 2.24) is 5.32 Å². The third kappa shape index (κ3) is 2.93. The van der Waals surface area contributed by atoms with Gasteiger partial charge in [-0.25, -0.2) is 0 Å². The minimum absolute atomic E-state index is 0.0260. The van der Waals surface area contributed by atoms with E-state index in [2.05, 4.69) is 21.2 Å². The normalized spacial score (nSPS) is 17.7. The molecule has 3 nitrogen and oxygen atoms in total. The minimum atomic E-state index is -0.398. The number of alkyl halides is 1. The fourth-order valence-electron chi connectivity index (χ4n) is 2.43. The highest BCUT2D eigenvalue weighted by Crippen LogP contribution is 2.29. The van der Waals surface area contributed by atoms with Crippen LogP contribution in [0, 0.1) is 0 Å². The first kappa shape index (κ1) is 13.6. The number of carbonyl (C=O) groups excluding carboxylic acids is 1. The molecule has 1 saturated carbocycles. The van der Waals surface area contributed by atoms with Crippen molar-refractivity contribution in [2.24, 2.45) is 0 Å². The average molecular weight is 312 g/mol. The largest absolute Gasteiger partial charge is 0.394 e. The first-order valence-corrected chi connectivity index (χ1v) is 7.39. The first-order valence-electron chi connectivity index (χ1n) is 6.27. The molecule has 1 aliphatic carbocycles. The van der Waals surface area contributed by atoms with E-state index in [9.17, 15) is 9.90 Å². The summed E-state index contributed by atoms with van der Waals surface area (Å²) in [6.07, 6.45) is 3.89. The van der Waals surface area contributed by atoms with Crippen molar-refractivity contribution in [1.29, 1.82) is 0 Å². The second-order valence-electron chi connectivity index (χ2n) is 4.93. The number of hydrogen-bond acceptors (Lipinski definition) is 2. The van der Waals surface area contributed by atoms with Crippen molar-refractivity contribution in [2.75, 3.05) is 6.61 Å². The lowest BCUT2D eigenvalue weighted by Crippen LogP contribution is -2.49. The van der Waals surface area contributed by atoms with Gasteiger partial charge in [0.2, 0.25) is 0 Å². The van der Waals surface area contributed by atoms with Crippen molar-refractivity contribution in [3.8, 4) is 0 Å². The lowest BCUT2D eigenvalue weighted by atomic mass is 9.98. The molecule has 2 rings (SSSR count). The molecule has 1 amide bonds. The molecule has 0 unspecified atom stereocenters. The Kier molecular flexibility index (Phi) is 4.40. The Labute approximate surface area is 116 Å². The zero-order valence-electron chi connectivity index (χ0n) is 10.3. The lowest BCUT2D eigenvalue weighted by molar-refractivity contribution is 0.0838. The SMILES string of the molecule is O=C(NC1(CO)CCCC1)c1ccc(CBr)cc1. The van der Waals surface area contributed by atoms with Crippen LogP contribution in [-0.2, 0) is 5.33 Å². The number of aliphatic hydroxyl groups excluding tert-OH is 1. The Hall–Kier alpha value is -0.870. The van der Waals surface area contributed by atoms with Crippen molar-refractivity contribution in [3.05, 3.63) is 35.4 Å². The van der Waals surface area contributed by atoms with E-state index in [1.165, 1.54) is 0 Å². The second kappa shape index (κ2) is 5.85. The van der Waals surface area contributed by atoms with E-state index in [0.29, 0.717) is 5.56 Å². The summed E-state index contributed by atoms with van der Waals surface area (Å²) in [6, 6.07) is 7.52. The number of benzene rings is 1. The van der Waals surface area contributed by atoms with Crippen molar-refractivity contribution in [3.63, 3.8) is 0 Å². The number of carbonyl (C=O) groups is 1. The Morgan fingerprint density at radius 1 is 1.28 bits per heavy atom. The first-order chi connectivity index (χ1) is 8.69. The van der Waals surface area contributed by atoms with E-state index in [1.54, 1.807) is 0 Å². The molecule has 0 radical (unpaired) electrons. The highest BCUT2D eigenvalue weighted by Gasteiger charge is 2.34. The Morgan fingerprint density at radius 3 is 2.39 bits per heavy atom. The molecular formula is C14H18BrNO2. The third-order valence-electron chi connectivity index (χ3n) is 3.61. The number of aliphatic hydroxyl groups is 1. The summed E-state index contributed by atoms with van der Waals surface area (Å²) in [4.78, 5) is 12.1. The monoisotopic (exact) mass is 311 g/mol. The van der Waals surface area contributed by atoms with Gasteiger partial charge in [-0.1, -0.05) is 40.9 Å². The number of amides is 1. The molecule has 1 aliphatic rings. The van der Waals surface area contributed by atoms with E-state index in [-0.39, 0.29) is 12.5 Å². The van der Waals surface area contributed by atoms with Gasteiger partial charge in [-0.3, -0.25) is 4.79 Å². The van der Waals surface area contributed by atoms with Gasteiger partial charge in [0.1, 0.15) is 0 Å². The van der Waals surface area contributed by atoms with Gasteiger partial charge < -0.3 is 10.4 Å². The van der Waals surface area contributed by atoms with Crippen molar-refractivity contribution in [2.45, 2.75) is 36.6 Å². The van der Waals surface area contributed by atoms with E-state index in [0.717, 1.165) is 36.6 Å². The van der Waals surface area contributed by atoms with Gasteiger partial charge in [-0.05, 0) is 30.5 Å².